The summed E-state index contributed by atoms with van der Waals surface area (Å²) in [6.45, 7) is 2.52. The molecule has 1 saturated heterocycles. The summed E-state index contributed by atoms with van der Waals surface area (Å²) in [5.41, 5.74) is 1.02. The first-order valence-corrected chi connectivity index (χ1v) is 11.0. The number of hydrogen-bond donors (Lipinski definition) is 0. The van der Waals surface area contributed by atoms with Crippen LogP contribution in [-0.4, -0.2) is 38.7 Å². The lowest BCUT2D eigenvalue weighted by Gasteiger charge is -2.23. The molecule has 0 bridgehead atoms. The Labute approximate surface area is 167 Å². The van der Waals surface area contributed by atoms with Crippen LogP contribution in [0.3, 0.4) is 0 Å². The molecule has 0 N–H and O–H groups in total. The Bertz CT molecular complexity index is 857. The first-order chi connectivity index (χ1) is 13.3. The van der Waals surface area contributed by atoms with Crippen molar-refractivity contribution < 1.29 is 4.79 Å². The van der Waals surface area contributed by atoms with Crippen LogP contribution in [0.2, 0.25) is 0 Å². The second-order valence-electron chi connectivity index (χ2n) is 6.58. The van der Waals surface area contributed by atoms with Crippen LogP contribution in [0.4, 0.5) is 0 Å². The Kier molecular flexibility index (Phi) is 5.89. The quantitative estimate of drug-likeness (QED) is 0.564. The highest BCUT2D eigenvalue weighted by atomic mass is 32.2. The van der Waals surface area contributed by atoms with Gasteiger partial charge in [-0.25, -0.2) is 0 Å². The summed E-state index contributed by atoms with van der Waals surface area (Å²) < 4.78 is 2.05. The number of nitrogens with zero attached hydrogens (tertiary/aromatic N) is 4. The van der Waals surface area contributed by atoms with Crippen LogP contribution in [0.5, 0.6) is 0 Å². The molecular formula is C20H22N4OS2. The van der Waals surface area contributed by atoms with E-state index in [2.05, 4.69) is 32.3 Å². The molecule has 140 valence electrons. The molecule has 1 atom stereocenters. The van der Waals surface area contributed by atoms with Crippen LogP contribution < -0.4 is 0 Å². The zero-order valence-corrected chi connectivity index (χ0v) is 16.7. The number of aromatic nitrogens is 3. The van der Waals surface area contributed by atoms with Gasteiger partial charge >= 0.3 is 0 Å². The van der Waals surface area contributed by atoms with Gasteiger partial charge in [0.05, 0.1) is 0 Å². The minimum absolute atomic E-state index is 0.177. The van der Waals surface area contributed by atoms with Gasteiger partial charge in [-0.05, 0) is 36.3 Å². The molecule has 1 amide bonds. The van der Waals surface area contributed by atoms with Crippen molar-refractivity contribution in [3.05, 3.63) is 64.6 Å². The first-order valence-electron chi connectivity index (χ1n) is 9.22. The Balaban J connectivity index is 1.53. The van der Waals surface area contributed by atoms with E-state index in [-0.39, 0.29) is 11.2 Å². The van der Waals surface area contributed by atoms with Crippen molar-refractivity contribution in [3.63, 3.8) is 0 Å². The summed E-state index contributed by atoms with van der Waals surface area (Å²) >= 11 is 3.27. The highest BCUT2D eigenvalue weighted by molar-refractivity contribution is 8.00. The van der Waals surface area contributed by atoms with Gasteiger partial charge in [0.2, 0.25) is 5.91 Å². The molecule has 1 aromatic carbocycles. The fraction of sp³-hybridized carbons (Fsp3) is 0.350. The summed E-state index contributed by atoms with van der Waals surface area (Å²) in [5.74, 6) is 0.177. The molecule has 1 aliphatic rings. The zero-order chi connectivity index (χ0) is 18.5. The average molecular weight is 399 g/mol. The Morgan fingerprint density at radius 1 is 1.15 bits per heavy atom. The van der Waals surface area contributed by atoms with E-state index >= 15 is 0 Å². The van der Waals surface area contributed by atoms with E-state index in [0.717, 1.165) is 49.6 Å². The fourth-order valence-corrected chi connectivity index (χ4v) is 5.09. The normalized spacial score (nSPS) is 15.2. The van der Waals surface area contributed by atoms with Crippen molar-refractivity contribution >= 4 is 29.0 Å². The maximum atomic E-state index is 13.2. The number of carbonyl (C=O) groups is 1. The molecule has 4 rings (SSSR count). The van der Waals surface area contributed by atoms with Crippen molar-refractivity contribution in [2.45, 2.75) is 36.2 Å². The molecule has 2 aromatic heterocycles. The highest BCUT2D eigenvalue weighted by Crippen LogP contribution is 2.36. The van der Waals surface area contributed by atoms with Crippen molar-refractivity contribution in [2.75, 3.05) is 13.1 Å². The third-order valence-electron chi connectivity index (χ3n) is 4.73. The number of thioether (sulfide) groups is 1. The maximum absolute atomic E-state index is 13.2. The molecule has 0 spiro atoms. The minimum atomic E-state index is -0.283. The number of hydrogen-bond acceptors (Lipinski definition) is 5. The lowest BCUT2D eigenvalue weighted by molar-refractivity contribution is -0.129. The van der Waals surface area contributed by atoms with Crippen molar-refractivity contribution in [1.82, 2.24) is 19.7 Å². The zero-order valence-electron chi connectivity index (χ0n) is 15.0. The lowest BCUT2D eigenvalue weighted by Crippen LogP contribution is -2.31. The van der Waals surface area contributed by atoms with Crippen LogP contribution in [0.15, 0.2) is 59.3 Å². The molecule has 0 saturated carbocycles. The smallest absolute Gasteiger partial charge is 0.240 e. The van der Waals surface area contributed by atoms with Gasteiger partial charge in [-0.3, -0.25) is 4.79 Å². The molecule has 7 heteroatoms. The molecule has 27 heavy (non-hydrogen) atoms. The Hall–Kier alpha value is -2.12. The van der Waals surface area contributed by atoms with E-state index in [4.69, 9.17) is 0 Å². The third-order valence-corrected chi connectivity index (χ3v) is 6.90. The predicted molar refractivity (Wildman–Crippen MR) is 109 cm³/mol. The summed E-state index contributed by atoms with van der Waals surface area (Å²) in [6, 6.07) is 14.2. The lowest BCUT2D eigenvalue weighted by atomic mass is 10.1. The van der Waals surface area contributed by atoms with Crippen molar-refractivity contribution in [1.29, 1.82) is 0 Å². The van der Waals surface area contributed by atoms with Crippen LogP contribution in [-0.2, 0) is 17.8 Å². The number of rotatable bonds is 7. The van der Waals surface area contributed by atoms with Crippen LogP contribution in [0.1, 0.15) is 28.5 Å². The molecule has 1 fully saturated rings. The highest BCUT2D eigenvalue weighted by Gasteiger charge is 2.30. The number of thiophene rings is 1. The number of aryl methyl sites for hydroxylation is 2. The molecule has 1 aliphatic heterocycles. The van der Waals surface area contributed by atoms with Crippen LogP contribution in [0.25, 0.3) is 0 Å². The van der Waals surface area contributed by atoms with Gasteiger partial charge in [0, 0.05) is 24.5 Å². The first kappa shape index (κ1) is 18.3. The second kappa shape index (κ2) is 8.71. The number of likely N-dealkylation sites (tertiary alicyclic amines) is 1. The Morgan fingerprint density at radius 3 is 2.70 bits per heavy atom. The van der Waals surface area contributed by atoms with E-state index in [0.29, 0.717) is 0 Å². The monoisotopic (exact) mass is 398 g/mol. The molecule has 0 aliphatic carbocycles. The van der Waals surface area contributed by atoms with Gasteiger partial charge < -0.3 is 9.47 Å². The van der Waals surface area contributed by atoms with E-state index in [1.165, 1.54) is 16.6 Å². The molecule has 0 radical (unpaired) electrons. The van der Waals surface area contributed by atoms with Gasteiger partial charge in [-0.1, -0.05) is 48.2 Å². The molecule has 5 nitrogen and oxygen atoms in total. The topological polar surface area (TPSA) is 51.0 Å². The number of benzene rings is 1. The maximum Gasteiger partial charge on any atom is 0.240 e. The third kappa shape index (κ3) is 4.42. The van der Waals surface area contributed by atoms with Crippen LogP contribution in [0, 0.1) is 0 Å². The predicted octanol–water partition coefficient (Wildman–Crippen LogP) is 4.04. The number of carbonyl (C=O) groups excluding carboxylic acids is 1. The standard InChI is InChI=1S/C20H22N4OS2/c25-19(23-11-4-5-12-23)18(16-7-2-1-3-8-16)27-20-22-21-15-24(20)13-10-17-9-6-14-26-17/h1-3,6-9,14-15,18H,4-5,10-13H2. The molecule has 3 aromatic rings. The summed E-state index contributed by atoms with van der Waals surface area (Å²) in [4.78, 5) is 16.5. The van der Waals surface area contributed by atoms with Crippen molar-refractivity contribution in [2.24, 2.45) is 0 Å². The summed E-state index contributed by atoms with van der Waals surface area (Å²) in [7, 11) is 0. The summed E-state index contributed by atoms with van der Waals surface area (Å²) in [6.07, 6.45) is 4.89. The molecule has 3 heterocycles. The van der Waals surface area contributed by atoms with Gasteiger partial charge in [0.25, 0.3) is 0 Å². The van der Waals surface area contributed by atoms with Gasteiger partial charge in [-0.15, -0.1) is 21.5 Å². The minimum Gasteiger partial charge on any atom is -0.341 e. The van der Waals surface area contributed by atoms with Gasteiger partial charge in [0.1, 0.15) is 11.6 Å². The SMILES string of the molecule is O=C(C(Sc1nncn1CCc1cccs1)c1ccccc1)N1CCCC1. The molecular weight excluding hydrogens is 376 g/mol. The van der Waals surface area contributed by atoms with E-state index in [9.17, 15) is 4.79 Å². The average Bonchev–Trinajstić information content (AvgIpc) is 3.47. The van der Waals surface area contributed by atoms with Crippen LogP contribution >= 0.6 is 23.1 Å². The van der Waals surface area contributed by atoms with E-state index in [1.54, 1.807) is 17.7 Å². The molecule has 1 unspecified atom stereocenters. The fourth-order valence-electron chi connectivity index (χ4n) is 3.27. The van der Waals surface area contributed by atoms with E-state index in [1.807, 2.05) is 35.2 Å². The largest absolute Gasteiger partial charge is 0.341 e. The second-order valence-corrected chi connectivity index (χ2v) is 8.68. The van der Waals surface area contributed by atoms with Gasteiger partial charge in [-0.2, -0.15) is 0 Å². The Morgan fingerprint density at radius 2 is 1.96 bits per heavy atom. The van der Waals surface area contributed by atoms with Crippen molar-refractivity contribution in [3.8, 4) is 0 Å². The van der Waals surface area contributed by atoms with Gasteiger partial charge in [0.15, 0.2) is 5.16 Å². The number of amides is 1. The van der Waals surface area contributed by atoms with E-state index < -0.39 is 0 Å². The summed E-state index contributed by atoms with van der Waals surface area (Å²) in [5, 5.41) is 11.0.